The van der Waals surface area contributed by atoms with Gasteiger partial charge in [-0.3, -0.25) is 4.90 Å². The van der Waals surface area contributed by atoms with E-state index >= 15 is 0 Å². The molecule has 0 unspecified atom stereocenters. The lowest BCUT2D eigenvalue weighted by molar-refractivity contribution is 0.0374. The van der Waals surface area contributed by atoms with Gasteiger partial charge in [-0.25, -0.2) is 0 Å². The molecule has 31 heavy (non-hydrogen) atoms. The molecule has 1 fully saturated rings. The van der Waals surface area contributed by atoms with Crippen LogP contribution < -0.4 is 10.1 Å². The SMILES string of the molecule is Cl.Cl.c1ccc(-n2nnnc2Oc2cccc(CNCCCN3CCOCC3)c2)cc1. The highest BCUT2D eigenvalue weighted by molar-refractivity contribution is 5.85. The summed E-state index contributed by atoms with van der Waals surface area (Å²) in [5, 5.41) is 15.3. The molecular weight excluding hydrogens is 439 g/mol. The molecule has 4 rings (SSSR count). The van der Waals surface area contributed by atoms with Gasteiger partial charge in [0.05, 0.1) is 18.9 Å². The molecule has 2 aromatic carbocycles. The Hall–Kier alpha value is -2.23. The van der Waals surface area contributed by atoms with E-state index < -0.39 is 0 Å². The normalized spacial score (nSPS) is 13.8. The number of hydrogen-bond donors (Lipinski definition) is 1. The van der Waals surface area contributed by atoms with Crippen molar-refractivity contribution in [3.8, 4) is 17.4 Å². The third-order valence-electron chi connectivity index (χ3n) is 4.81. The number of tetrazole rings is 1. The summed E-state index contributed by atoms with van der Waals surface area (Å²) in [6, 6.07) is 18.0. The van der Waals surface area contributed by atoms with Gasteiger partial charge in [-0.2, -0.15) is 4.68 Å². The van der Waals surface area contributed by atoms with Crippen LogP contribution in [0.25, 0.3) is 5.69 Å². The van der Waals surface area contributed by atoms with Gasteiger partial charge in [0.1, 0.15) is 5.75 Å². The second-order valence-corrected chi connectivity index (χ2v) is 6.94. The summed E-state index contributed by atoms with van der Waals surface area (Å²) in [7, 11) is 0. The highest BCUT2D eigenvalue weighted by atomic mass is 35.5. The third kappa shape index (κ3) is 7.45. The van der Waals surface area contributed by atoms with Crippen LogP contribution in [-0.2, 0) is 11.3 Å². The first kappa shape index (κ1) is 25.0. The molecule has 1 N–H and O–H groups in total. The fraction of sp³-hybridized carbons (Fsp3) is 0.381. The summed E-state index contributed by atoms with van der Waals surface area (Å²) in [5.74, 6) is 0.713. The Morgan fingerprint density at radius 1 is 1.00 bits per heavy atom. The lowest BCUT2D eigenvalue weighted by Crippen LogP contribution is -2.37. The van der Waals surface area contributed by atoms with Crippen LogP contribution in [0.3, 0.4) is 0 Å². The Labute approximate surface area is 194 Å². The number of morpholine rings is 1. The summed E-state index contributed by atoms with van der Waals surface area (Å²) in [6.07, 6.45) is 1.13. The zero-order valence-corrected chi connectivity index (χ0v) is 18.9. The summed E-state index contributed by atoms with van der Waals surface area (Å²) in [5.41, 5.74) is 2.01. The number of benzene rings is 2. The minimum atomic E-state index is 0. The molecule has 1 aliphatic heterocycles. The molecule has 3 aromatic rings. The van der Waals surface area contributed by atoms with Gasteiger partial charge >= 0.3 is 6.01 Å². The lowest BCUT2D eigenvalue weighted by atomic mass is 10.2. The highest BCUT2D eigenvalue weighted by Gasteiger charge is 2.11. The van der Waals surface area contributed by atoms with Gasteiger partial charge in [-0.05, 0) is 59.8 Å². The fourth-order valence-electron chi connectivity index (χ4n) is 3.28. The van der Waals surface area contributed by atoms with E-state index in [1.165, 1.54) is 0 Å². The Morgan fingerprint density at radius 2 is 1.81 bits per heavy atom. The predicted octanol–water partition coefficient (Wildman–Crippen LogP) is 3.11. The maximum Gasteiger partial charge on any atom is 0.345 e. The van der Waals surface area contributed by atoms with Gasteiger partial charge in [0.15, 0.2) is 0 Å². The Bertz CT molecular complexity index is 890. The van der Waals surface area contributed by atoms with Crippen molar-refractivity contribution >= 4 is 24.8 Å². The van der Waals surface area contributed by atoms with Crippen molar-refractivity contribution in [3.63, 3.8) is 0 Å². The second kappa shape index (κ2) is 13.2. The van der Waals surface area contributed by atoms with Crippen molar-refractivity contribution in [2.24, 2.45) is 0 Å². The topological polar surface area (TPSA) is 77.3 Å². The van der Waals surface area contributed by atoms with Gasteiger partial charge in [0.25, 0.3) is 0 Å². The van der Waals surface area contributed by atoms with Crippen LogP contribution in [0.5, 0.6) is 11.8 Å². The first-order chi connectivity index (χ1) is 14.4. The standard InChI is InChI=1S/C21H26N6O2.2ClH/c1-2-7-19(8-3-1)27-21(23-24-25-27)29-20-9-4-6-18(16-20)17-22-10-5-11-26-12-14-28-15-13-26;;/h1-4,6-9,16,22H,5,10-15,17H2;2*1H. The average Bonchev–Trinajstić information content (AvgIpc) is 3.23. The fourth-order valence-corrected chi connectivity index (χ4v) is 3.28. The van der Waals surface area contributed by atoms with Crippen LogP contribution in [-0.4, -0.2) is 64.5 Å². The van der Waals surface area contributed by atoms with Crippen molar-refractivity contribution in [1.29, 1.82) is 0 Å². The lowest BCUT2D eigenvalue weighted by Gasteiger charge is -2.26. The number of rotatable bonds is 9. The number of nitrogens with one attached hydrogen (secondary N) is 1. The smallest absolute Gasteiger partial charge is 0.345 e. The first-order valence-corrected chi connectivity index (χ1v) is 10.00. The Balaban J connectivity index is 0.00000171. The van der Waals surface area contributed by atoms with Crippen molar-refractivity contribution in [2.45, 2.75) is 13.0 Å². The molecule has 0 radical (unpaired) electrons. The molecule has 1 aromatic heterocycles. The molecule has 168 valence electrons. The van der Waals surface area contributed by atoms with E-state index in [-0.39, 0.29) is 24.8 Å². The monoisotopic (exact) mass is 466 g/mol. The molecule has 0 spiro atoms. The Kier molecular flexibility index (Phi) is 10.7. The molecule has 8 nitrogen and oxygen atoms in total. The Morgan fingerprint density at radius 3 is 2.61 bits per heavy atom. The van der Waals surface area contributed by atoms with E-state index in [2.05, 4.69) is 31.8 Å². The summed E-state index contributed by atoms with van der Waals surface area (Å²) in [6.45, 7) is 6.69. The maximum absolute atomic E-state index is 5.93. The van der Waals surface area contributed by atoms with Crippen molar-refractivity contribution in [1.82, 2.24) is 30.4 Å². The number of para-hydroxylation sites is 1. The minimum Gasteiger partial charge on any atom is -0.423 e. The van der Waals surface area contributed by atoms with E-state index in [0.29, 0.717) is 11.8 Å². The number of aromatic nitrogens is 4. The average molecular weight is 467 g/mol. The molecule has 2 heterocycles. The third-order valence-corrected chi connectivity index (χ3v) is 4.81. The molecule has 0 atom stereocenters. The van der Waals surface area contributed by atoms with Crippen LogP contribution in [0.1, 0.15) is 12.0 Å². The quantitative estimate of drug-likeness (QED) is 0.485. The highest BCUT2D eigenvalue weighted by Crippen LogP contribution is 2.22. The molecule has 10 heteroatoms. The number of halogens is 2. The van der Waals surface area contributed by atoms with Gasteiger partial charge in [0, 0.05) is 19.6 Å². The van der Waals surface area contributed by atoms with E-state index in [4.69, 9.17) is 9.47 Å². The van der Waals surface area contributed by atoms with Crippen LogP contribution in [0.2, 0.25) is 0 Å². The van der Waals surface area contributed by atoms with Crippen molar-refractivity contribution < 1.29 is 9.47 Å². The van der Waals surface area contributed by atoms with E-state index in [1.54, 1.807) is 4.68 Å². The van der Waals surface area contributed by atoms with E-state index in [1.807, 2.05) is 48.5 Å². The zero-order chi connectivity index (χ0) is 19.7. The number of ether oxygens (including phenoxy) is 2. The van der Waals surface area contributed by atoms with Crippen LogP contribution in [0.4, 0.5) is 0 Å². The summed E-state index contributed by atoms with van der Waals surface area (Å²) >= 11 is 0. The molecule has 1 saturated heterocycles. The molecular formula is C21H28Cl2N6O2. The largest absolute Gasteiger partial charge is 0.423 e. The van der Waals surface area contributed by atoms with Crippen molar-refractivity contribution in [3.05, 3.63) is 60.2 Å². The maximum atomic E-state index is 5.93. The van der Waals surface area contributed by atoms with Crippen LogP contribution >= 0.6 is 24.8 Å². The number of hydrogen-bond acceptors (Lipinski definition) is 7. The number of nitrogens with zero attached hydrogens (tertiary/aromatic N) is 5. The van der Waals surface area contributed by atoms with Gasteiger partial charge < -0.3 is 14.8 Å². The van der Waals surface area contributed by atoms with Crippen LogP contribution in [0.15, 0.2) is 54.6 Å². The molecule has 0 amide bonds. The van der Waals surface area contributed by atoms with Gasteiger partial charge in [0.2, 0.25) is 0 Å². The summed E-state index contributed by atoms with van der Waals surface area (Å²) < 4.78 is 12.9. The second-order valence-electron chi connectivity index (χ2n) is 6.94. The van der Waals surface area contributed by atoms with Crippen molar-refractivity contribution in [2.75, 3.05) is 39.4 Å². The van der Waals surface area contributed by atoms with Gasteiger partial charge in [-0.15, -0.1) is 24.8 Å². The van der Waals surface area contributed by atoms with Gasteiger partial charge in [-0.1, -0.05) is 35.4 Å². The summed E-state index contributed by atoms with van der Waals surface area (Å²) in [4.78, 5) is 2.45. The minimum absolute atomic E-state index is 0. The van der Waals surface area contributed by atoms with Crippen LogP contribution in [0, 0.1) is 0 Å². The first-order valence-electron chi connectivity index (χ1n) is 10.00. The van der Waals surface area contributed by atoms with E-state index in [9.17, 15) is 0 Å². The zero-order valence-electron chi connectivity index (χ0n) is 17.2. The molecule has 0 saturated carbocycles. The molecule has 0 aliphatic carbocycles. The van der Waals surface area contributed by atoms with E-state index in [0.717, 1.165) is 63.6 Å². The molecule has 0 bridgehead atoms. The predicted molar refractivity (Wildman–Crippen MR) is 124 cm³/mol. The molecule has 1 aliphatic rings.